The number of amides is 1. The Balaban J connectivity index is 1.49. The van der Waals surface area contributed by atoms with E-state index < -0.39 is 0 Å². The van der Waals surface area contributed by atoms with Crippen molar-refractivity contribution >= 4 is 17.4 Å². The lowest BCUT2D eigenvalue weighted by atomic mass is 10.1. The lowest BCUT2D eigenvalue weighted by molar-refractivity contribution is -0.119. The molecule has 3 aliphatic rings. The van der Waals surface area contributed by atoms with Crippen LogP contribution in [0.25, 0.3) is 17.3 Å². The van der Waals surface area contributed by atoms with Gasteiger partial charge in [-0.3, -0.25) is 9.36 Å². The Morgan fingerprint density at radius 3 is 2.81 bits per heavy atom. The van der Waals surface area contributed by atoms with Gasteiger partial charge in [0.05, 0.1) is 6.20 Å². The Bertz CT molecular complexity index is 1060. The zero-order chi connectivity index (χ0) is 18.1. The van der Waals surface area contributed by atoms with Gasteiger partial charge in [-0.1, -0.05) is 30.3 Å². The lowest BCUT2D eigenvalue weighted by Crippen LogP contribution is -2.51. The van der Waals surface area contributed by atoms with Gasteiger partial charge in [0.25, 0.3) is 0 Å². The van der Waals surface area contributed by atoms with Crippen LogP contribution in [0.5, 0.6) is 0 Å². The Morgan fingerprint density at radius 2 is 1.96 bits per heavy atom. The molecule has 0 radical (unpaired) electrons. The molecule has 3 atom stereocenters. The molecule has 2 fully saturated rings. The largest absolute Gasteiger partial charge is 0.339 e. The average molecular weight is 358 g/mol. The van der Waals surface area contributed by atoms with Crippen molar-refractivity contribution in [3.63, 3.8) is 0 Å². The zero-order valence-corrected chi connectivity index (χ0v) is 14.9. The average Bonchev–Trinajstić information content (AvgIpc) is 3.14. The number of nitrogens with zero attached hydrogens (tertiary/aromatic N) is 6. The summed E-state index contributed by atoms with van der Waals surface area (Å²) in [5.74, 6) is 3.03. The highest BCUT2D eigenvalue weighted by Crippen LogP contribution is 2.53. The van der Waals surface area contributed by atoms with Gasteiger partial charge >= 0.3 is 0 Å². The minimum absolute atomic E-state index is 0.0784. The van der Waals surface area contributed by atoms with E-state index in [1.807, 2.05) is 48.1 Å². The molecule has 1 saturated carbocycles. The highest BCUT2D eigenvalue weighted by Gasteiger charge is 2.57. The molecule has 4 heterocycles. The van der Waals surface area contributed by atoms with Crippen LogP contribution in [0, 0.1) is 5.92 Å². The molecule has 3 unspecified atom stereocenters. The molecule has 0 bridgehead atoms. The second kappa shape index (κ2) is 5.16. The van der Waals surface area contributed by atoms with Gasteiger partial charge in [-0.2, -0.15) is 4.98 Å². The first-order valence-electron chi connectivity index (χ1n) is 9.24. The van der Waals surface area contributed by atoms with E-state index >= 15 is 0 Å². The van der Waals surface area contributed by atoms with Crippen molar-refractivity contribution in [2.24, 2.45) is 5.92 Å². The summed E-state index contributed by atoms with van der Waals surface area (Å²) >= 11 is 0. The van der Waals surface area contributed by atoms with E-state index in [9.17, 15) is 4.79 Å². The van der Waals surface area contributed by atoms with Crippen LogP contribution < -0.4 is 9.80 Å². The molecule has 1 aromatic carbocycles. The summed E-state index contributed by atoms with van der Waals surface area (Å²) in [4.78, 5) is 30.6. The first kappa shape index (κ1) is 14.9. The van der Waals surface area contributed by atoms with E-state index in [0.717, 1.165) is 35.7 Å². The number of carbonyl (C=O) groups is 1. The molecule has 1 aliphatic carbocycles. The number of imidazole rings is 1. The van der Waals surface area contributed by atoms with E-state index in [2.05, 4.69) is 14.9 Å². The topological polar surface area (TPSA) is 67.2 Å². The Labute approximate surface area is 156 Å². The van der Waals surface area contributed by atoms with Crippen LogP contribution >= 0.6 is 0 Å². The highest BCUT2D eigenvalue weighted by molar-refractivity contribution is 6.05. The minimum Gasteiger partial charge on any atom is -0.339 e. The monoisotopic (exact) mass is 358 g/mol. The lowest BCUT2D eigenvalue weighted by Gasteiger charge is -2.38. The number of rotatable bonds is 2. The molecule has 6 rings (SSSR count). The SMILES string of the molecule is CN1C(=O)C2CC3CC3N2c2nc(-n3ccnc3-c3ccccc3)ncc21. The summed E-state index contributed by atoms with van der Waals surface area (Å²) in [6.45, 7) is 0. The molecule has 3 aromatic rings. The van der Waals surface area contributed by atoms with Crippen LogP contribution in [0.15, 0.2) is 48.9 Å². The third kappa shape index (κ3) is 2.02. The van der Waals surface area contributed by atoms with Crippen LogP contribution in [0.3, 0.4) is 0 Å². The number of benzene rings is 1. The molecule has 7 heteroatoms. The van der Waals surface area contributed by atoms with Crippen LogP contribution in [0.2, 0.25) is 0 Å². The van der Waals surface area contributed by atoms with Crippen molar-refractivity contribution in [2.45, 2.75) is 24.9 Å². The molecule has 1 amide bonds. The molecule has 27 heavy (non-hydrogen) atoms. The molecule has 134 valence electrons. The molecule has 0 spiro atoms. The normalized spacial score (nSPS) is 25.2. The third-order valence-electron chi connectivity index (χ3n) is 5.95. The number of piperidine rings is 1. The van der Waals surface area contributed by atoms with E-state index in [0.29, 0.717) is 17.9 Å². The molecule has 0 N–H and O–H groups in total. The van der Waals surface area contributed by atoms with Crippen LogP contribution in [0.1, 0.15) is 12.8 Å². The van der Waals surface area contributed by atoms with Crippen molar-refractivity contribution in [1.29, 1.82) is 0 Å². The number of likely N-dealkylation sites (N-methyl/N-ethyl adjacent to an activating group) is 1. The fourth-order valence-corrected chi connectivity index (χ4v) is 4.49. The Morgan fingerprint density at radius 1 is 1.11 bits per heavy atom. The van der Waals surface area contributed by atoms with Gasteiger partial charge in [0.2, 0.25) is 11.9 Å². The van der Waals surface area contributed by atoms with Crippen molar-refractivity contribution < 1.29 is 4.79 Å². The first-order valence-corrected chi connectivity index (χ1v) is 9.24. The van der Waals surface area contributed by atoms with Gasteiger partial charge in [0, 0.05) is 31.0 Å². The van der Waals surface area contributed by atoms with E-state index in [1.165, 1.54) is 0 Å². The van der Waals surface area contributed by atoms with Crippen LogP contribution in [0.4, 0.5) is 11.5 Å². The number of hydrogen-bond donors (Lipinski definition) is 0. The van der Waals surface area contributed by atoms with Gasteiger partial charge < -0.3 is 9.80 Å². The molecule has 7 nitrogen and oxygen atoms in total. The number of carbonyl (C=O) groups excluding carboxylic acids is 1. The van der Waals surface area contributed by atoms with Crippen molar-refractivity contribution in [3.05, 3.63) is 48.9 Å². The van der Waals surface area contributed by atoms with Gasteiger partial charge in [0.15, 0.2) is 5.82 Å². The molecule has 2 aromatic heterocycles. The fourth-order valence-electron chi connectivity index (χ4n) is 4.49. The van der Waals surface area contributed by atoms with E-state index in [-0.39, 0.29) is 11.9 Å². The van der Waals surface area contributed by atoms with Crippen LogP contribution in [-0.4, -0.2) is 44.6 Å². The number of aromatic nitrogens is 4. The highest BCUT2D eigenvalue weighted by atomic mass is 16.2. The first-order chi connectivity index (χ1) is 13.2. The van der Waals surface area contributed by atoms with Gasteiger partial charge in [-0.25, -0.2) is 9.97 Å². The Hall–Kier alpha value is -3.22. The summed E-state index contributed by atoms with van der Waals surface area (Å²) in [5, 5.41) is 0. The summed E-state index contributed by atoms with van der Waals surface area (Å²) in [6, 6.07) is 10.4. The quantitative estimate of drug-likeness (QED) is 0.703. The van der Waals surface area contributed by atoms with E-state index in [1.54, 1.807) is 17.3 Å². The van der Waals surface area contributed by atoms with Gasteiger partial charge in [-0.05, 0) is 18.8 Å². The van der Waals surface area contributed by atoms with Crippen molar-refractivity contribution in [1.82, 2.24) is 19.5 Å². The molecular weight excluding hydrogens is 340 g/mol. The number of fused-ring (bicyclic) bond motifs is 5. The summed E-state index contributed by atoms with van der Waals surface area (Å²) in [5.41, 5.74) is 1.80. The van der Waals surface area contributed by atoms with Crippen molar-refractivity contribution in [3.8, 4) is 17.3 Å². The standard InChI is InChI=1S/C20H18N6O/c1-24-16-11-22-20(25-8-7-21-17(25)12-5-3-2-4-6-12)23-18(16)26-14-9-13(14)10-15(26)19(24)27/h2-8,11,13-15H,9-10H2,1H3. The molecule has 2 aliphatic heterocycles. The second-order valence-corrected chi connectivity index (χ2v) is 7.48. The van der Waals surface area contributed by atoms with E-state index in [4.69, 9.17) is 4.98 Å². The predicted molar refractivity (Wildman–Crippen MR) is 101 cm³/mol. The molecule has 1 saturated heterocycles. The maximum atomic E-state index is 12.7. The summed E-state index contributed by atoms with van der Waals surface area (Å²) in [6.07, 6.45) is 7.50. The zero-order valence-electron chi connectivity index (χ0n) is 14.9. The minimum atomic E-state index is -0.0784. The number of hydrogen-bond acceptors (Lipinski definition) is 5. The maximum absolute atomic E-state index is 12.7. The number of anilines is 2. The van der Waals surface area contributed by atoms with Gasteiger partial charge in [0.1, 0.15) is 17.6 Å². The van der Waals surface area contributed by atoms with Crippen molar-refractivity contribution in [2.75, 3.05) is 16.8 Å². The summed E-state index contributed by atoms with van der Waals surface area (Å²) in [7, 11) is 1.82. The maximum Gasteiger partial charge on any atom is 0.249 e. The van der Waals surface area contributed by atoms with Crippen LogP contribution in [-0.2, 0) is 4.79 Å². The second-order valence-electron chi connectivity index (χ2n) is 7.48. The summed E-state index contributed by atoms with van der Waals surface area (Å²) < 4.78 is 1.90. The smallest absolute Gasteiger partial charge is 0.249 e. The predicted octanol–water partition coefficient (Wildman–Crippen LogP) is 2.27. The van der Waals surface area contributed by atoms with Gasteiger partial charge in [-0.15, -0.1) is 0 Å². The fraction of sp³-hybridized carbons (Fsp3) is 0.300. The Kier molecular flexibility index (Phi) is 2.85. The third-order valence-corrected chi connectivity index (χ3v) is 5.95. The molecular formula is C20H18N6O.